The molecule has 12 nitrogen and oxygen atoms in total. The molecule has 0 saturated carbocycles. The molecular formula is C84H116N8O4. The molecule has 0 saturated heterocycles. The maximum Gasteiger partial charge on any atom is 0.118 e. The number of benzene rings is 9. The van der Waals surface area contributed by atoms with Crippen LogP contribution in [0.25, 0.3) is 0 Å². The largest absolute Gasteiger partial charge is 0.395 e. The van der Waals surface area contributed by atoms with Gasteiger partial charge in [-0.15, -0.1) is 6.42 Å². The lowest BCUT2D eigenvalue weighted by Gasteiger charge is -2.22. The molecule has 96 heavy (non-hydrogen) atoms. The van der Waals surface area contributed by atoms with Gasteiger partial charge in [0, 0.05) is 161 Å². The van der Waals surface area contributed by atoms with Crippen LogP contribution in [0.15, 0.2) is 267 Å². The molecule has 0 heterocycles. The quantitative estimate of drug-likeness (QED) is 0.0305. The van der Waals surface area contributed by atoms with Crippen LogP contribution in [0.2, 0.25) is 0 Å². The van der Waals surface area contributed by atoms with Crippen molar-refractivity contribution < 1.29 is 22.9 Å². The third-order valence-electron chi connectivity index (χ3n) is 14.6. The Hall–Kier alpha value is -9.66. The topological polar surface area (TPSA) is 95.8 Å². The average molecular weight is 1300 g/mol. The standard InChI is InChI=1S/C14H15N.C11H17N.C11H9N.C10H15NO2.2C10H15NO.C10H15N.C8H11N.2H2/c1-15(14-10-6-3-7-11-14)12-13-8-4-2-5-9-13;1-4-12(5-2)11-8-6-7-10(3)9-11;1-3-4-10-12(2)11-8-6-5-7-9-11;12-8-6-11(7-9-13)10-4-2-1-3-5-10;1-3-12-9-11(2)10-7-5-4-6-8-10;1-2-11(8-9-12)10-6-4-3-5-7-10;1-3-11(4-2)10-8-6-5-7-9-10;1-9(2)8-6-4-3-5-7-8;;/h2-11H,12H2,1H3;6-9H,4-5H2,1-3H3;1,5-9H,2H3;1-5,12-13H,6-9H2;4-8H,3,9H2,1-2H3;3-7,12H,2,8-9H2,1H3;5-9H,3-4H2,1-2H3;3-7H,1-2H3;2*1H. The van der Waals surface area contributed by atoms with E-state index in [0.717, 1.165) is 57.3 Å². The van der Waals surface area contributed by atoms with Crippen molar-refractivity contribution in [1.29, 1.82) is 0 Å². The highest BCUT2D eigenvalue weighted by Crippen LogP contribution is 2.18. The van der Waals surface area contributed by atoms with E-state index in [1.54, 1.807) is 4.90 Å². The zero-order valence-corrected chi connectivity index (χ0v) is 59.7. The lowest BCUT2D eigenvalue weighted by molar-refractivity contribution is 0.151. The summed E-state index contributed by atoms with van der Waals surface area (Å²) >= 11 is 0. The van der Waals surface area contributed by atoms with E-state index in [2.05, 4.69) is 229 Å². The monoisotopic (exact) mass is 1300 g/mol. The van der Waals surface area contributed by atoms with E-state index in [1.807, 2.05) is 173 Å². The molecule has 9 aromatic carbocycles. The van der Waals surface area contributed by atoms with Crippen LogP contribution < -0.4 is 39.2 Å². The summed E-state index contributed by atoms with van der Waals surface area (Å²) in [5, 5.41) is 26.4. The first-order valence-corrected chi connectivity index (χ1v) is 33.4. The number of terminal acetylenes is 1. The summed E-state index contributed by atoms with van der Waals surface area (Å²) in [4.78, 5) is 17.0. The minimum Gasteiger partial charge on any atom is -0.395 e. The van der Waals surface area contributed by atoms with E-state index in [0.29, 0.717) is 26.4 Å². The fraction of sp³-hybridized carbons (Fsp3) is 0.310. The molecule has 9 rings (SSSR count). The molecule has 9 aromatic rings. The van der Waals surface area contributed by atoms with E-state index in [4.69, 9.17) is 26.5 Å². The Morgan fingerprint density at radius 2 is 0.688 bits per heavy atom. The summed E-state index contributed by atoms with van der Waals surface area (Å²) in [6.45, 7) is 24.8. The number of ether oxygens (including phenoxy) is 1. The number of aliphatic hydroxyl groups excluding tert-OH is 3. The lowest BCUT2D eigenvalue weighted by atomic mass is 10.2. The van der Waals surface area contributed by atoms with Gasteiger partial charge in [-0.3, -0.25) is 0 Å². The fourth-order valence-electron chi connectivity index (χ4n) is 9.30. The van der Waals surface area contributed by atoms with Crippen LogP contribution in [0.4, 0.5) is 45.5 Å². The Bertz CT molecular complexity index is 3320. The Morgan fingerprint density at radius 1 is 0.365 bits per heavy atom. The number of likely N-dealkylation sites (N-methyl/N-ethyl adjacent to an activating group) is 1. The van der Waals surface area contributed by atoms with Crippen molar-refractivity contribution in [1.82, 2.24) is 0 Å². The van der Waals surface area contributed by atoms with Gasteiger partial charge in [-0.05, 0) is 163 Å². The van der Waals surface area contributed by atoms with Crippen molar-refractivity contribution in [3.63, 3.8) is 0 Å². The van der Waals surface area contributed by atoms with Gasteiger partial charge >= 0.3 is 0 Å². The minimum absolute atomic E-state index is 0. The predicted octanol–water partition coefficient (Wildman–Crippen LogP) is 16.8. The van der Waals surface area contributed by atoms with Gasteiger partial charge in [0.05, 0.1) is 19.8 Å². The second-order valence-electron chi connectivity index (χ2n) is 21.8. The SMILES string of the molecule is C#CC#CN(C)c1ccccc1.CCN(CC)c1cccc(C)c1.CCN(CC)c1ccccc1.CCN(CCO)c1ccccc1.CCOCN(C)c1ccccc1.CN(C)c1ccccc1.CN(Cc1ccccc1)c1ccccc1.OCCN(CCO)c1ccccc1.[HH].[HH]. The Kier molecular flexibility index (Phi) is 46.1. The van der Waals surface area contributed by atoms with E-state index < -0.39 is 0 Å². The Balaban J connectivity index is 0.00000110. The molecule has 0 atom stereocenters. The van der Waals surface area contributed by atoms with Gasteiger partial charge in [-0.2, -0.15) is 0 Å². The molecule has 0 aliphatic carbocycles. The third kappa shape index (κ3) is 36.1. The van der Waals surface area contributed by atoms with Gasteiger partial charge in [0.15, 0.2) is 0 Å². The van der Waals surface area contributed by atoms with Crippen LogP contribution in [-0.2, 0) is 11.3 Å². The van der Waals surface area contributed by atoms with Crippen molar-refractivity contribution in [3.8, 4) is 24.3 Å². The van der Waals surface area contributed by atoms with E-state index >= 15 is 0 Å². The minimum atomic E-state index is 0. The van der Waals surface area contributed by atoms with Crippen molar-refractivity contribution in [2.45, 2.75) is 55.0 Å². The normalized spacial score (nSPS) is 9.52. The summed E-state index contributed by atoms with van der Waals surface area (Å²) in [5.41, 5.74) is 12.3. The van der Waals surface area contributed by atoms with Gasteiger partial charge in [0.25, 0.3) is 0 Å². The number of aliphatic hydroxyl groups is 3. The number of aryl methyl sites for hydroxylation is 1. The summed E-state index contributed by atoms with van der Waals surface area (Å²) in [7, 11) is 10.1. The van der Waals surface area contributed by atoms with Crippen LogP contribution >= 0.6 is 0 Å². The molecule has 12 heteroatoms. The summed E-state index contributed by atoms with van der Waals surface area (Å²) in [6, 6.07) is 93.1. The number of rotatable bonds is 24. The zero-order chi connectivity index (χ0) is 70.2. The molecule has 0 amide bonds. The first kappa shape index (κ1) is 82.4. The van der Waals surface area contributed by atoms with Crippen LogP contribution in [0.3, 0.4) is 0 Å². The molecule has 0 radical (unpaired) electrons. The number of nitrogens with zero attached hydrogens (tertiary/aromatic N) is 8. The second kappa shape index (κ2) is 53.7. The first-order chi connectivity index (χ1) is 46.8. The van der Waals surface area contributed by atoms with Gasteiger partial charge in [0.1, 0.15) is 6.73 Å². The van der Waals surface area contributed by atoms with Crippen molar-refractivity contribution in [3.05, 3.63) is 278 Å². The number of anilines is 8. The zero-order valence-electron chi connectivity index (χ0n) is 59.7. The van der Waals surface area contributed by atoms with Crippen LogP contribution in [-0.4, -0.2) is 136 Å². The second-order valence-corrected chi connectivity index (χ2v) is 21.8. The average Bonchev–Trinajstić information content (AvgIpc) is 1.57. The molecular weight excluding hydrogens is 1180 g/mol. The smallest absolute Gasteiger partial charge is 0.118 e. The first-order valence-electron chi connectivity index (χ1n) is 33.4. The van der Waals surface area contributed by atoms with Gasteiger partial charge in [-0.1, -0.05) is 170 Å². The molecule has 0 fully saturated rings. The number of hydrogen-bond donors (Lipinski definition) is 3. The van der Waals surface area contributed by atoms with Gasteiger partial charge < -0.3 is 59.3 Å². The maximum atomic E-state index is 8.80. The number of hydrogen-bond acceptors (Lipinski definition) is 12. The highest BCUT2D eigenvalue weighted by molar-refractivity contribution is 5.53. The molecule has 3 N–H and O–H groups in total. The van der Waals surface area contributed by atoms with Crippen LogP contribution in [0.5, 0.6) is 0 Å². The molecule has 516 valence electrons. The Morgan fingerprint density at radius 3 is 1.04 bits per heavy atom. The molecule has 0 unspecified atom stereocenters. The molecule has 0 spiro atoms. The van der Waals surface area contributed by atoms with E-state index in [1.165, 1.54) is 45.3 Å². The van der Waals surface area contributed by atoms with E-state index in [9.17, 15) is 0 Å². The predicted molar refractivity (Wildman–Crippen MR) is 422 cm³/mol. The molecule has 0 aliphatic rings. The molecule has 0 aliphatic heterocycles. The van der Waals surface area contributed by atoms with E-state index in [-0.39, 0.29) is 22.7 Å². The maximum absolute atomic E-state index is 8.80. The fourth-order valence-corrected chi connectivity index (χ4v) is 9.30. The lowest BCUT2D eigenvalue weighted by Crippen LogP contribution is -2.29. The summed E-state index contributed by atoms with van der Waals surface area (Å²) in [6.07, 6.45) is 5.00. The summed E-state index contributed by atoms with van der Waals surface area (Å²) < 4.78 is 5.28. The van der Waals surface area contributed by atoms with Gasteiger partial charge in [0.2, 0.25) is 0 Å². The van der Waals surface area contributed by atoms with Crippen molar-refractivity contribution in [2.24, 2.45) is 0 Å². The Labute approximate surface area is 582 Å². The van der Waals surface area contributed by atoms with Crippen molar-refractivity contribution >= 4 is 45.5 Å². The summed E-state index contributed by atoms with van der Waals surface area (Å²) in [5.74, 6) is 4.82. The van der Waals surface area contributed by atoms with Gasteiger partial charge in [-0.25, -0.2) is 0 Å². The van der Waals surface area contributed by atoms with Crippen molar-refractivity contribution in [2.75, 3.05) is 160 Å². The highest BCUT2D eigenvalue weighted by Gasteiger charge is 2.05. The number of para-hydroxylation sites is 7. The van der Waals surface area contributed by atoms with Crippen LogP contribution in [0, 0.1) is 31.2 Å². The molecule has 0 bridgehead atoms. The third-order valence-corrected chi connectivity index (χ3v) is 14.6. The molecule has 0 aromatic heterocycles. The van der Waals surface area contributed by atoms with Crippen LogP contribution in [0.1, 0.15) is 55.5 Å². The highest BCUT2D eigenvalue weighted by atomic mass is 16.5.